The first kappa shape index (κ1) is 12.8. The van der Waals surface area contributed by atoms with Crippen molar-refractivity contribution in [1.29, 1.82) is 0 Å². The van der Waals surface area contributed by atoms with Crippen LogP contribution in [-0.2, 0) is 4.79 Å². The highest BCUT2D eigenvalue weighted by Crippen LogP contribution is 2.37. The molecule has 0 aromatic heterocycles. The van der Waals surface area contributed by atoms with Crippen LogP contribution in [0.5, 0.6) is 0 Å². The maximum Gasteiger partial charge on any atom is 0.226 e. The van der Waals surface area contributed by atoms with Gasteiger partial charge in [0, 0.05) is 17.8 Å². The third-order valence-electron chi connectivity index (χ3n) is 3.05. The molecule has 1 rings (SSSR count). The molecular weight excluding hydrogens is 208 g/mol. The molecule has 0 aliphatic carbocycles. The van der Waals surface area contributed by atoms with E-state index in [9.17, 15) is 4.79 Å². The minimum Gasteiger partial charge on any atom is -0.354 e. The van der Waals surface area contributed by atoms with Crippen molar-refractivity contribution in [2.75, 3.05) is 18.8 Å². The lowest BCUT2D eigenvalue weighted by Gasteiger charge is -2.27. The Morgan fingerprint density at radius 2 is 2.27 bits per heavy atom. The van der Waals surface area contributed by atoms with Crippen molar-refractivity contribution in [1.82, 2.24) is 5.32 Å². The van der Waals surface area contributed by atoms with Crippen molar-refractivity contribution in [2.24, 2.45) is 11.1 Å². The third-order valence-corrected chi connectivity index (χ3v) is 4.59. The number of rotatable bonds is 4. The average molecular weight is 230 g/mol. The molecule has 1 heterocycles. The van der Waals surface area contributed by atoms with Crippen molar-refractivity contribution in [3.8, 4) is 0 Å². The van der Waals surface area contributed by atoms with Crippen LogP contribution in [0.2, 0.25) is 0 Å². The summed E-state index contributed by atoms with van der Waals surface area (Å²) in [5, 5.41) is 3.02. The number of amides is 1. The van der Waals surface area contributed by atoms with Crippen LogP contribution in [0.15, 0.2) is 0 Å². The minimum atomic E-state index is -0.445. The molecule has 0 bridgehead atoms. The van der Waals surface area contributed by atoms with Crippen molar-refractivity contribution < 1.29 is 4.79 Å². The van der Waals surface area contributed by atoms with E-state index in [4.69, 9.17) is 5.73 Å². The zero-order valence-corrected chi connectivity index (χ0v) is 10.7. The van der Waals surface area contributed by atoms with E-state index in [0.29, 0.717) is 6.54 Å². The van der Waals surface area contributed by atoms with Crippen molar-refractivity contribution >= 4 is 17.7 Å². The fraction of sp³-hybridized carbons (Fsp3) is 0.909. The lowest BCUT2D eigenvalue weighted by Crippen LogP contribution is -2.46. The summed E-state index contributed by atoms with van der Waals surface area (Å²) in [7, 11) is 0. The van der Waals surface area contributed by atoms with Crippen LogP contribution < -0.4 is 11.1 Å². The molecule has 3 nitrogen and oxygen atoms in total. The van der Waals surface area contributed by atoms with Gasteiger partial charge in [0.2, 0.25) is 5.91 Å². The Kier molecular flexibility index (Phi) is 4.06. The molecule has 0 saturated carbocycles. The zero-order chi connectivity index (χ0) is 11.5. The van der Waals surface area contributed by atoms with Crippen LogP contribution in [0.1, 0.15) is 33.6 Å². The summed E-state index contributed by atoms with van der Waals surface area (Å²) >= 11 is 1.96. The normalized spacial score (nSPS) is 26.7. The van der Waals surface area contributed by atoms with E-state index in [0.717, 1.165) is 6.54 Å². The summed E-state index contributed by atoms with van der Waals surface area (Å²) < 4.78 is 0.236. The summed E-state index contributed by atoms with van der Waals surface area (Å²) in [6, 6.07) is 0. The van der Waals surface area contributed by atoms with Crippen LogP contribution in [0.25, 0.3) is 0 Å². The summed E-state index contributed by atoms with van der Waals surface area (Å²) in [5.41, 5.74) is 5.11. The van der Waals surface area contributed by atoms with Crippen LogP contribution in [0.4, 0.5) is 0 Å². The Labute approximate surface area is 96.6 Å². The van der Waals surface area contributed by atoms with Gasteiger partial charge in [0.25, 0.3) is 0 Å². The minimum absolute atomic E-state index is 0.0683. The number of thioether (sulfide) groups is 1. The van der Waals surface area contributed by atoms with Crippen LogP contribution in [0, 0.1) is 5.41 Å². The quantitative estimate of drug-likeness (QED) is 0.767. The van der Waals surface area contributed by atoms with Crippen LogP contribution in [-0.4, -0.2) is 29.5 Å². The predicted molar refractivity (Wildman–Crippen MR) is 65.9 cm³/mol. The Hall–Kier alpha value is -0.220. The monoisotopic (exact) mass is 230 g/mol. The Morgan fingerprint density at radius 1 is 1.60 bits per heavy atom. The van der Waals surface area contributed by atoms with Crippen LogP contribution >= 0.6 is 11.8 Å². The van der Waals surface area contributed by atoms with E-state index >= 15 is 0 Å². The maximum absolute atomic E-state index is 11.8. The van der Waals surface area contributed by atoms with Crippen molar-refractivity contribution in [3.63, 3.8) is 0 Å². The first-order valence-corrected chi connectivity index (χ1v) is 6.50. The molecular formula is C11H22N2OS. The van der Waals surface area contributed by atoms with Crippen LogP contribution in [0.3, 0.4) is 0 Å². The van der Waals surface area contributed by atoms with Crippen molar-refractivity contribution in [2.45, 2.75) is 38.4 Å². The summed E-state index contributed by atoms with van der Waals surface area (Å²) in [4.78, 5) is 11.8. The van der Waals surface area contributed by atoms with Gasteiger partial charge in [0.05, 0.1) is 5.41 Å². The van der Waals surface area contributed by atoms with E-state index in [-0.39, 0.29) is 10.7 Å². The number of nitrogens with two attached hydrogens (primary N) is 1. The van der Waals surface area contributed by atoms with E-state index in [1.807, 2.05) is 25.6 Å². The van der Waals surface area contributed by atoms with Gasteiger partial charge in [-0.25, -0.2) is 0 Å². The van der Waals surface area contributed by atoms with Gasteiger partial charge in [-0.3, -0.25) is 4.79 Å². The standard InChI is InChI=1S/C11H22N2OS/c1-10(2,7-12)9(14)13-8-11(3)5-4-6-15-11/h4-8,12H2,1-3H3,(H,13,14). The number of nitrogens with one attached hydrogen (secondary N) is 1. The number of carbonyl (C=O) groups is 1. The third kappa shape index (κ3) is 3.38. The molecule has 15 heavy (non-hydrogen) atoms. The molecule has 1 saturated heterocycles. The van der Waals surface area contributed by atoms with Gasteiger partial charge >= 0.3 is 0 Å². The first-order chi connectivity index (χ1) is 6.90. The Balaban J connectivity index is 2.40. The fourth-order valence-corrected chi connectivity index (χ4v) is 2.82. The number of carbonyl (C=O) groups excluding carboxylic acids is 1. The van der Waals surface area contributed by atoms with Gasteiger partial charge in [-0.15, -0.1) is 0 Å². The number of hydrogen-bond acceptors (Lipinski definition) is 3. The van der Waals surface area contributed by atoms with E-state index in [2.05, 4.69) is 12.2 Å². The van der Waals surface area contributed by atoms with Gasteiger partial charge in [-0.1, -0.05) is 0 Å². The highest BCUT2D eigenvalue weighted by atomic mass is 32.2. The predicted octanol–water partition coefficient (Wildman–Crippen LogP) is 1.37. The van der Waals surface area contributed by atoms with Gasteiger partial charge in [0.1, 0.15) is 0 Å². The Morgan fingerprint density at radius 3 is 2.73 bits per heavy atom. The second-order valence-corrected chi connectivity index (χ2v) is 6.86. The Bertz CT molecular complexity index is 235. The van der Waals surface area contributed by atoms with Crippen molar-refractivity contribution in [3.05, 3.63) is 0 Å². The molecule has 0 aromatic carbocycles. The molecule has 0 aromatic rings. The smallest absolute Gasteiger partial charge is 0.226 e. The summed E-state index contributed by atoms with van der Waals surface area (Å²) in [6.45, 7) is 7.14. The molecule has 1 aliphatic rings. The second kappa shape index (κ2) is 4.74. The van der Waals surface area contributed by atoms with Gasteiger partial charge in [-0.2, -0.15) is 11.8 Å². The lowest BCUT2D eigenvalue weighted by molar-refractivity contribution is -0.128. The molecule has 0 radical (unpaired) electrons. The largest absolute Gasteiger partial charge is 0.354 e. The fourth-order valence-electron chi connectivity index (χ4n) is 1.58. The molecule has 4 heteroatoms. The molecule has 1 amide bonds. The highest BCUT2D eigenvalue weighted by molar-refractivity contribution is 8.00. The zero-order valence-electron chi connectivity index (χ0n) is 9.93. The molecule has 1 aliphatic heterocycles. The molecule has 1 atom stereocenters. The molecule has 1 fully saturated rings. The average Bonchev–Trinajstić information content (AvgIpc) is 2.62. The van der Waals surface area contributed by atoms with Gasteiger partial charge in [0.15, 0.2) is 0 Å². The first-order valence-electron chi connectivity index (χ1n) is 5.52. The SMILES string of the molecule is CC1(CNC(=O)C(C)(C)CN)CCCS1. The summed E-state index contributed by atoms with van der Waals surface area (Å²) in [6.07, 6.45) is 2.46. The topological polar surface area (TPSA) is 55.1 Å². The molecule has 3 N–H and O–H groups in total. The second-order valence-electron chi connectivity index (χ2n) is 5.17. The van der Waals surface area contributed by atoms with E-state index in [1.54, 1.807) is 0 Å². The molecule has 1 unspecified atom stereocenters. The number of hydrogen-bond donors (Lipinski definition) is 2. The van der Waals surface area contributed by atoms with E-state index < -0.39 is 5.41 Å². The molecule has 0 spiro atoms. The van der Waals surface area contributed by atoms with Gasteiger partial charge < -0.3 is 11.1 Å². The molecule has 88 valence electrons. The maximum atomic E-state index is 11.8. The summed E-state index contributed by atoms with van der Waals surface area (Å²) in [5.74, 6) is 1.28. The highest BCUT2D eigenvalue weighted by Gasteiger charge is 2.32. The lowest BCUT2D eigenvalue weighted by atomic mass is 9.92. The van der Waals surface area contributed by atoms with Gasteiger partial charge in [-0.05, 0) is 39.4 Å². The van der Waals surface area contributed by atoms with E-state index in [1.165, 1.54) is 18.6 Å².